The number of nitrogens with one attached hydrogen (secondary N) is 2. The zero-order valence-electron chi connectivity index (χ0n) is 27.0. The van der Waals surface area contributed by atoms with Crippen LogP contribution in [-0.2, 0) is 16.0 Å². The Balaban J connectivity index is 1.39. The molecule has 0 bridgehead atoms. The quantitative estimate of drug-likeness (QED) is 0.209. The molecule has 248 valence electrons. The first kappa shape index (κ1) is 33.6. The summed E-state index contributed by atoms with van der Waals surface area (Å²) < 4.78 is 5.22. The van der Waals surface area contributed by atoms with Crippen molar-refractivity contribution < 1.29 is 29.0 Å². The lowest BCUT2D eigenvalue weighted by atomic mass is 10.0. The van der Waals surface area contributed by atoms with Gasteiger partial charge < -0.3 is 30.3 Å². The maximum absolute atomic E-state index is 13.6. The standard InChI is InChI=1S/C37H39N5O6/c1-25-6-10-27(11-7-25)31(23-35(44)45)40-36(46)28-12-15-33(32(22-28)39-34(43)21-26-8-13-30(48-2)14-9-26)41-17-4-18-42(20-19-41)37(47)29-5-3-16-38-24-29/h3,5-16,22,24,31H,4,17-21,23H2,1-2H3,(H,39,43)(H,40,46)(H,44,45). The molecule has 11 nitrogen and oxygen atoms in total. The summed E-state index contributed by atoms with van der Waals surface area (Å²) in [5, 5.41) is 15.4. The molecule has 3 N–H and O–H groups in total. The van der Waals surface area contributed by atoms with E-state index < -0.39 is 17.9 Å². The van der Waals surface area contributed by atoms with E-state index in [1.54, 1.807) is 79.0 Å². The number of hydrogen-bond donors (Lipinski definition) is 3. The van der Waals surface area contributed by atoms with E-state index >= 15 is 0 Å². The van der Waals surface area contributed by atoms with Gasteiger partial charge in [-0.2, -0.15) is 0 Å². The number of nitrogens with zero attached hydrogens (tertiary/aromatic N) is 3. The number of methoxy groups -OCH3 is 1. The predicted molar refractivity (Wildman–Crippen MR) is 182 cm³/mol. The number of aryl methyl sites for hydroxylation is 1. The summed E-state index contributed by atoms with van der Waals surface area (Å²) in [6.45, 7) is 4.09. The predicted octanol–water partition coefficient (Wildman–Crippen LogP) is 4.88. The van der Waals surface area contributed by atoms with Crippen LogP contribution in [0.5, 0.6) is 5.75 Å². The number of ether oxygens (including phenoxy) is 1. The second kappa shape index (κ2) is 15.7. The molecule has 0 radical (unpaired) electrons. The number of pyridine rings is 1. The number of carboxylic acids is 1. The number of benzene rings is 3. The van der Waals surface area contributed by atoms with Crippen LogP contribution in [0, 0.1) is 6.92 Å². The van der Waals surface area contributed by atoms with Crippen molar-refractivity contribution in [3.63, 3.8) is 0 Å². The minimum Gasteiger partial charge on any atom is -0.497 e. The highest BCUT2D eigenvalue weighted by molar-refractivity contribution is 6.01. The van der Waals surface area contributed by atoms with Gasteiger partial charge in [0.25, 0.3) is 11.8 Å². The Kier molecular flexibility index (Phi) is 11.0. The van der Waals surface area contributed by atoms with Crippen LogP contribution < -0.4 is 20.3 Å². The molecule has 1 saturated heterocycles. The first-order chi connectivity index (χ1) is 23.2. The number of carboxylic acid groups (broad SMARTS) is 1. The van der Waals surface area contributed by atoms with E-state index in [1.165, 1.54) is 0 Å². The third-order valence-corrected chi connectivity index (χ3v) is 8.25. The molecule has 3 amide bonds. The molecule has 1 atom stereocenters. The smallest absolute Gasteiger partial charge is 0.305 e. The van der Waals surface area contributed by atoms with Gasteiger partial charge in [-0.1, -0.05) is 42.0 Å². The summed E-state index contributed by atoms with van der Waals surface area (Å²) in [7, 11) is 1.58. The number of rotatable bonds is 11. The molecule has 0 spiro atoms. The largest absolute Gasteiger partial charge is 0.497 e. The van der Waals surface area contributed by atoms with Crippen molar-refractivity contribution >= 4 is 35.1 Å². The van der Waals surface area contributed by atoms with Crippen LogP contribution in [0.4, 0.5) is 11.4 Å². The highest BCUT2D eigenvalue weighted by atomic mass is 16.5. The Labute approximate surface area is 279 Å². The Hall–Kier alpha value is -5.71. The second-order valence-corrected chi connectivity index (χ2v) is 11.7. The number of amides is 3. The van der Waals surface area contributed by atoms with E-state index in [2.05, 4.69) is 20.5 Å². The van der Waals surface area contributed by atoms with Crippen LogP contribution in [-0.4, -0.2) is 72.0 Å². The maximum Gasteiger partial charge on any atom is 0.305 e. The van der Waals surface area contributed by atoms with Crippen molar-refractivity contribution in [1.82, 2.24) is 15.2 Å². The van der Waals surface area contributed by atoms with E-state index in [9.17, 15) is 24.3 Å². The number of anilines is 2. The Morgan fingerprint density at radius 2 is 1.69 bits per heavy atom. The van der Waals surface area contributed by atoms with E-state index in [4.69, 9.17) is 4.74 Å². The van der Waals surface area contributed by atoms with Crippen LogP contribution in [0.15, 0.2) is 91.3 Å². The molecule has 2 heterocycles. The number of aliphatic carboxylic acids is 1. The summed E-state index contributed by atoms with van der Waals surface area (Å²) in [5.74, 6) is -1.19. The van der Waals surface area contributed by atoms with Crippen molar-refractivity contribution in [3.8, 4) is 5.75 Å². The maximum atomic E-state index is 13.6. The zero-order chi connectivity index (χ0) is 34.0. The number of carbonyl (C=O) groups is 4. The minimum atomic E-state index is -1.04. The van der Waals surface area contributed by atoms with Gasteiger partial charge in [0.15, 0.2) is 0 Å². The topological polar surface area (TPSA) is 141 Å². The molecule has 1 aliphatic rings. The lowest BCUT2D eigenvalue weighted by Crippen LogP contribution is -2.35. The summed E-state index contributed by atoms with van der Waals surface area (Å²) in [6.07, 6.45) is 3.69. The van der Waals surface area contributed by atoms with E-state index in [1.807, 2.05) is 31.2 Å². The van der Waals surface area contributed by atoms with Crippen LogP contribution >= 0.6 is 0 Å². The first-order valence-electron chi connectivity index (χ1n) is 15.8. The van der Waals surface area contributed by atoms with Crippen LogP contribution in [0.25, 0.3) is 0 Å². The molecule has 3 aromatic carbocycles. The summed E-state index contributed by atoms with van der Waals surface area (Å²) in [6, 6.07) is 22.4. The number of aromatic nitrogens is 1. The first-order valence-corrected chi connectivity index (χ1v) is 15.8. The number of hydrogen-bond acceptors (Lipinski definition) is 7. The number of carbonyl (C=O) groups excluding carboxylic acids is 3. The fourth-order valence-corrected chi connectivity index (χ4v) is 5.68. The molecule has 0 aliphatic carbocycles. The average Bonchev–Trinajstić information content (AvgIpc) is 3.35. The monoisotopic (exact) mass is 649 g/mol. The van der Waals surface area contributed by atoms with Crippen molar-refractivity contribution in [2.45, 2.75) is 32.2 Å². The van der Waals surface area contributed by atoms with Crippen molar-refractivity contribution in [3.05, 3.63) is 119 Å². The lowest BCUT2D eigenvalue weighted by Gasteiger charge is -2.27. The van der Waals surface area contributed by atoms with Gasteiger partial charge in [-0.3, -0.25) is 24.2 Å². The van der Waals surface area contributed by atoms with E-state index in [-0.39, 0.29) is 30.2 Å². The fourth-order valence-electron chi connectivity index (χ4n) is 5.68. The van der Waals surface area contributed by atoms with E-state index in [0.29, 0.717) is 60.9 Å². The Morgan fingerprint density at radius 1 is 0.917 bits per heavy atom. The summed E-state index contributed by atoms with van der Waals surface area (Å²) in [4.78, 5) is 59.7. The molecule has 4 aromatic rings. The molecule has 11 heteroatoms. The van der Waals surface area contributed by atoms with Crippen molar-refractivity contribution in [1.29, 1.82) is 0 Å². The van der Waals surface area contributed by atoms with Crippen LogP contribution in [0.3, 0.4) is 0 Å². The second-order valence-electron chi connectivity index (χ2n) is 11.7. The summed E-state index contributed by atoms with van der Waals surface area (Å²) in [5.41, 5.74) is 4.43. The third kappa shape index (κ3) is 8.75. The molecule has 48 heavy (non-hydrogen) atoms. The van der Waals surface area contributed by atoms with Crippen LogP contribution in [0.2, 0.25) is 0 Å². The van der Waals surface area contributed by atoms with Gasteiger partial charge in [-0.15, -0.1) is 0 Å². The Morgan fingerprint density at radius 3 is 2.38 bits per heavy atom. The van der Waals surface area contributed by atoms with Crippen molar-refractivity contribution in [2.75, 3.05) is 43.5 Å². The SMILES string of the molecule is COc1ccc(CC(=O)Nc2cc(C(=O)NC(CC(=O)O)c3ccc(C)cc3)ccc2N2CCCN(C(=O)c3cccnc3)CC2)cc1. The molecule has 1 aromatic heterocycles. The van der Waals surface area contributed by atoms with Gasteiger partial charge >= 0.3 is 5.97 Å². The highest BCUT2D eigenvalue weighted by Crippen LogP contribution is 2.30. The Bertz CT molecular complexity index is 1740. The third-order valence-electron chi connectivity index (χ3n) is 8.25. The van der Waals surface area contributed by atoms with Crippen LogP contribution in [0.1, 0.15) is 56.3 Å². The van der Waals surface area contributed by atoms with E-state index in [0.717, 1.165) is 11.1 Å². The highest BCUT2D eigenvalue weighted by Gasteiger charge is 2.24. The summed E-state index contributed by atoms with van der Waals surface area (Å²) >= 11 is 0. The fraction of sp³-hybridized carbons (Fsp3) is 0.270. The normalized spacial score (nSPS) is 13.6. The van der Waals surface area contributed by atoms with Crippen molar-refractivity contribution in [2.24, 2.45) is 0 Å². The zero-order valence-corrected chi connectivity index (χ0v) is 27.0. The molecule has 1 fully saturated rings. The molecular formula is C37H39N5O6. The van der Waals surface area contributed by atoms with Gasteiger partial charge in [-0.25, -0.2) is 0 Å². The van der Waals surface area contributed by atoms with Gasteiger partial charge in [0.1, 0.15) is 5.75 Å². The average molecular weight is 650 g/mol. The molecular weight excluding hydrogens is 610 g/mol. The molecule has 1 aliphatic heterocycles. The lowest BCUT2D eigenvalue weighted by molar-refractivity contribution is -0.137. The molecule has 0 saturated carbocycles. The van der Waals surface area contributed by atoms with Gasteiger partial charge in [0.05, 0.1) is 42.9 Å². The molecule has 1 unspecified atom stereocenters. The van der Waals surface area contributed by atoms with Gasteiger partial charge in [0.2, 0.25) is 5.91 Å². The van der Waals surface area contributed by atoms with Gasteiger partial charge in [0, 0.05) is 44.1 Å². The van der Waals surface area contributed by atoms with Gasteiger partial charge in [-0.05, 0) is 66.9 Å². The molecule has 5 rings (SSSR count). The minimum absolute atomic E-state index is 0.0884.